The van der Waals surface area contributed by atoms with E-state index in [1.54, 1.807) is 6.61 Å². The molecule has 5 heteroatoms. The van der Waals surface area contributed by atoms with Crippen molar-refractivity contribution in [2.45, 2.75) is 63.8 Å². The highest BCUT2D eigenvalue weighted by Crippen LogP contribution is 2.42. The third kappa shape index (κ3) is 3.63. The molecule has 0 aliphatic carbocycles. The second kappa shape index (κ2) is 7.36. The van der Waals surface area contributed by atoms with E-state index < -0.39 is 13.9 Å². The molecular weight excluding hydrogens is 270 g/mol. The molecule has 1 unspecified atom stereocenters. The van der Waals surface area contributed by atoms with Gasteiger partial charge >= 0.3 is 0 Å². The van der Waals surface area contributed by atoms with Crippen LogP contribution in [0.15, 0.2) is 0 Å². The summed E-state index contributed by atoms with van der Waals surface area (Å²) >= 11 is 0. The Balaban J connectivity index is 2.84. The molecule has 1 atom stereocenters. The van der Waals surface area contributed by atoms with E-state index in [2.05, 4.69) is 46.9 Å². The van der Waals surface area contributed by atoms with Crippen molar-refractivity contribution in [1.82, 2.24) is 5.32 Å². The van der Waals surface area contributed by atoms with Crippen LogP contribution in [0.1, 0.15) is 41.5 Å². The maximum absolute atomic E-state index is 9.70. The molecule has 0 bridgehead atoms. The summed E-state index contributed by atoms with van der Waals surface area (Å²) in [7, 11) is -1.91. The zero-order chi connectivity index (χ0) is 15.4. The Bertz CT molecular complexity index is 267. The molecule has 1 saturated heterocycles. The highest BCUT2D eigenvalue weighted by atomic mass is 28.4. The third-order valence-corrected chi connectivity index (χ3v) is 10.6. The van der Waals surface area contributed by atoms with Gasteiger partial charge in [0.05, 0.1) is 19.8 Å². The molecule has 1 rings (SSSR count). The normalized spacial score (nSPS) is 24.9. The molecule has 119 valence electrons. The van der Waals surface area contributed by atoms with Gasteiger partial charge in [-0.3, -0.25) is 0 Å². The molecule has 1 heterocycles. The fourth-order valence-corrected chi connectivity index (χ4v) is 9.11. The van der Waals surface area contributed by atoms with Gasteiger partial charge in [-0.05, 0) is 16.6 Å². The lowest BCUT2D eigenvalue weighted by atomic mass is 10.1. The summed E-state index contributed by atoms with van der Waals surface area (Å²) in [6, 6.07) is 0. The van der Waals surface area contributed by atoms with Crippen molar-refractivity contribution in [3.8, 4) is 0 Å². The molecule has 20 heavy (non-hydrogen) atoms. The van der Waals surface area contributed by atoms with Crippen LogP contribution >= 0.6 is 0 Å². The lowest BCUT2D eigenvalue weighted by Gasteiger charge is -2.45. The minimum Gasteiger partial charge on any atom is -0.413 e. The summed E-state index contributed by atoms with van der Waals surface area (Å²) in [5.74, 6) is 0. The average molecular weight is 303 g/mol. The van der Waals surface area contributed by atoms with Crippen LogP contribution in [0.25, 0.3) is 0 Å². The highest BCUT2D eigenvalue weighted by molar-refractivity contribution is 6.77. The predicted molar refractivity (Wildman–Crippen MR) is 85.1 cm³/mol. The minimum absolute atomic E-state index is 0.0186. The summed E-state index contributed by atoms with van der Waals surface area (Å²) in [6.45, 7) is 17.1. The van der Waals surface area contributed by atoms with E-state index in [-0.39, 0.29) is 6.61 Å². The predicted octanol–water partition coefficient (Wildman–Crippen LogP) is 2.69. The Labute approximate surface area is 125 Å². The smallest absolute Gasteiger partial charge is 0.200 e. The third-order valence-electron chi connectivity index (χ3n) is 4.59. The monoisotopic (exact) mass is 302 g/mol. The van der Waals surface area contributed by atoms with Crippen LogP contribution in [0.5, 0.6) is 0 Å². The first-order valence-corrected chi connectivity index (χ1v) is 9.90. The number of aliphatic hydroxyl groups is 1. The summed E-state index contributed by atoms with van der Waals surface area (Å²) < 4.78 is 12.3. The molecule has 1 aliphatic rings. The molecule has 2 N–H and O–H groups in total. The van der Waals surface area contributed by atoms with Crippen molar-refractivity contribution in [3.05, 3.63) is 6.61 Å². The van der Waals surface area contributed by atoms with Crippen LogP contribution in [-0.2, 0) is 9.16 Å². The van der Waals surface area contributed by atoms with Crippen LogP contribution in [0.2, 0.25) is 16.6 Å². The van der Waals surface area contributed by atoms with Gasteiger partial charge in [0.2, 0.25) is 0 Å². The zero-order valence-electron chi connectivity index (χ0n) is 13.9. The summed E-state index contributed by atoms with van der Waals surface area (Å²) in [6.07, 6.45) is 0. The summed E-state index contributed by atoms with van der Waals surface area (Å²) in [5.41, 5.74) is 1.01. The molecule has 4 nitrogen and oxygen atoms in total. The quantitative estimate of drug-likeness (QED) is 0.710. The number of hydrogen-bond acceptors (Lipinski definition) is 4. The molecule has 1 fully saturated rings. The van der Waals surface area contributed by atoms with E-state index in [0.717, 1.165) is 6.54 Å². The number of ether oxygens (including phenoxy) is 1. The van der Waals surface area contributed by atoms with Gasteiger partial charge in [-0.2, -0.15) is 0 Å². The Morgan fingerprint density at radius 2 is 1.75 bits per heavy atom. The first kappa shape index (κ1) is 18.1. The van der Waals surface area contributed by atoms with Crippen molar-refractivity contribution in [1.29, 1.82) is 0 Å². The van der Waals surface area contributed by atoms with Crippen LogP contribution in [-0.4, -0.2) is 45.3 Å². The summed E-state index contributed by atoms with van der Waals surface area (Å²) in [5, 5.41) is 13.0. The number of morpholine rings is 1. The average Bonchev–Trinajstić information content (AvgIpc) is 2.39. The number of aliphatic hydroxyl groups excluding tert-OH is 1. The second-order valence-corrected chi connectivity index (χ2v) is 12.3. The van der Waals surface area contributed by atoms with E-state index in [1.807, 2.05) is 0 Å². The Morgan fingerprint density at radius 3 is 2.10 bits per heavy atom. The van der Waals surface area contributed by atoms with Crippen LogP contribution < -0.4 is 5.32 Å². The number of nitrogens with one attached hydrogen (secondary N) is 1. The van der Waals surface area contributed by atoms with Gasteiger partial charge in [0, 0.05) is 13.1 Å². The lowest BCUT2D eigenvalue weighted by Crippen LogP contribution is -2.58. The Kier molecular flexibility index (Phi) is 6.66. The zero-order valence-corrected chi connectivity index (χ0v) is 14.9. The van der Waals surface area contributed by atoms with Crippen molar-refractivity contribution < 1.29 is 14.3 Å². The molecule has 1 radical (unpaired) electrons. The Morgan fingerprint density at radius 1 is 1.20 bits per heavy atom. The van der Waals surface area contributed by atoms with E-state index in [9.17, 15) is 5.11 Å². The van der Waals surface area contributed by atoms with Gasteiger partial charge in [-0.15, -0.1) is 0 Å². The number of hydrogen-bond donors (Lipinski definition) is 2. The van der Waals surface area contributed by atoms with Gasteiger partial charge in [-0.1, -0.05) is 41.5 Å². The molecule has 0 aromatic heterocycles. The second-order valence-electron chi connectivity index (χ2n) is 6.86. The first-order chi connectivity index (χ1) is 9.31. The minimum atomic E-state index is -1.91. The fraction of sp³-hybridized carbons (Fsp3) is 0.933. The summed E-state index contributed by atoms with van der Waals surface area (Å²) in [4.78, 5) is 0. The molecule has 0 aromatic rings. The van der Waals surface area contributed by atoms with Crippen LogP contribution in [0.3, 0.4) is 0 Å². The van der Waals surface area contributed by atoms with Gasteiger partial charge in [-0.25, -0.2) is 0 Å². The van der Waals surface area contributed by atoms with E-state index in [0.29, 0.717) is 29.8 Å². The van der Waals surface area contributed by atoms with Crippen molar-refractivity contribution >= 4 is 8.32 Å². The van der Waals surface area contributed by atoms with E-state index >= 15 is 0 Å². The molecule has 0 amide bonds. The largest absolute Gasteiger partial charge is 0.413 e. The lowest BCUT2D eigenvalue weighted by molar-refractivity contribution is -0.0923. The fourth-order valence-electron chi connectivity index (χ4n) is 3.60. The standard InChI is InChI=1S/C15H32NO3Si/c1-12(2)20(13(3)4,14(5)6)19-11-15(10-17)9-16-7-8-18-15/h8,12-14,16-17H,7,9-11H2,1-6H3. The topological polar surface area (TPSA) is 50.7 Å². The van der Waals surface area contributed by atoms with E-state index in [1.165, 1.54) is 0 Å². The van der Waals surface area contributed by atoms with Crippen LogP contribution in [0, 0.1) is 6.61 Å². The van der Waals surface area contributed by atoms with Crippen molar-refractivity contribution in [2.24, 2.45) is 0 Å². The number of rotatable bonds is 7. The van der Waals surface area contributed by atoms with Gasteiger partial charge in [0.15, 0.2) is 8.32 Å². The molecule has 0 saturated carbocycles. The van der Waals surface area contributed by atoms with E-state index in [4.69, 9.17) is 9.16 Å². The molecule has 1 aliphatic heterocycles. The van der Waals surface area contributed by atoms with Crippen LogP contribution in [0.4, 0.5) is 0 Å². The Hall–Kier alpha value is 0.0569. The first-order valence-electron chi connectivity index (χ1n) is 7.75. The van der Waals surface area contributed by atoms with Gasteiger partial charge in [0.25, 0.3) is 0 Å². The molecule has 0 spiro atoms. The van der Waals surface area contributed by atoms with Gasteiger partial charge in [0.1, 0.15) is 5.60 Å². The maximum atomic E-state index is 9.70. The van der Waals surface area contributed by atoms with Gasteiger partial charge < -0.3 is 19.6 Å². The molecular formula is C15H32NO3Si. The van der Waals surface area contributed by atoms with Crippen molar-refractivity contribution in [2.75, 3.05) is 26.3 Å². The maximum Gasteiger partial charge on any atom is 0.200 e. The van der Waals surface area contributed by atoms with Crippen molar-refractivity contribution in [3.63, 3.8) is 0 Å². The highest BCUT2D eigenvalue weighted by Gasteiger charge is 2.47. The molecule has 0 aromatic carbocycles. The SMILES string of the molecule is CC(C)[Si](OCC1(CO)CNC[CH]O1)(C(C)C)C(C)C.